The van der Waals surface area contributed by atoms with Crippen molar-refractivity contribution >= 4 is 28.7 Å². The molecule has 0 saturated carbocycles. The summed E-state index contributed by atoms with van der Waals surface area (Å²) in [6.07, 6.45) is 1.33. The van der Waals surface area contributed by atoms with Crippen LogP contribution >= 0.6 is 0 Å². The lowest BCUT2D eigenvalue weighted by molar-refractivity contribution is -0.137. The van der Waals surface area contributed by atoms with E-state index in [0.717, 1.165) is 31.5 Å². The first kappa shape index (κ1) is 25.5. The second-order valence-electron chi connectivity index (χ2n) is 9.08. The fourth-order valence-electron chi connectivity index (χ4n) is 4.73. The van der Waals surface area contributed by atoms with Crippen LogP contribution in [0.4, 0.5) is 30.2 Å². The summed E-state index contributed by atoms with van der Waals surface area (Å²) in [6.45, 7) is 1.33. The van der Waals surface area contributed by atoms with Crippen molar-refractivity contribution in [2.45, 2.75) is 25.1 Å². The number of para-hydroxylation sites is 1. The van der Waals surface area contributed by atoms with Gasteiger partial charge in [-0.3, -0.25) is 9.69 Å². The van der Waals surface area contributed by atoms with Crippen molar-refractivity contribution in [1.82, 2.24) is 4.90 Å². The molecule has 1 N–H and O–H groups in total. The van der Waals surface area contributed by atoms with Crippen molar-refractivity contribution in [3.63, 3.8) is 0 Å². The van der Waals surface area contributed by atoms with Crippen molar-refractivity contribution in [3.05, 3.63) is 96.2 Å². The van der Waals surface area contributed by atoms with E-state index in [-0.39, 0.29) is 24.0 Å². The maximum absolute atomic E-state index is 13.5. The number of fused-ring (bicyclic) bond motifs is 1. The highest BCUT2D eigenvalue weighted by Crippen LogP contribution is 2.38. The molecule has 9 heteroatoms. The lowest BCUT2D eigenvalue weighted by Crippen LogP contribution is -2.27. The quantitative estimate of drug-likeness (QED) is 0.424. The molecule has 5 rings (SSSR count). The number of benzene rings is 3. The minimum Gasteiger partial charge on any atom is -0.489 e. The second kappa shape index (κ2) is 10.7. The Morgan fingerprint density at radius 2 is 1.87 bits per heavy atom. The Balaban J connectivity index is 1.38. The molecule has 1 amide bonds. The minimum absolute atomic E-state index is 0.0464. The first-order valence-electron chi connectivity index (χ1n) is 12.3. The fourth-order valence-corrected chi connectivity index (χ4v) is 4.73. The van der Waals surface area contributed by atoms with Crippen molar-refractivity contribution in [3.8, 4) is 5.75 Å². The summed E-state index contributed by atoms with van der Waals surface area (Å²) in [6, 6.07) is 18.8. The van der Waals surface area contributed by atoms with Crippen LogP contribution in [0.5, 0.6) is 5.75 Å². The molecule has 2 aliphatic heterocycles. The number of likely N-dealkylation sites (tertiary alicyclic amines) is 1. The normalized spacial score (nSPS) is 18.6. The van der Waals surface area contributed by atoms with Crippen LogP contribution in [-0.2, 0) is 11.0 Å². The average Bonchev–Trinajstić information content (AvgIpc) is 3.48. The number of halogens is 3. The van der Waals surface area contributed by atoms with Crippen LogP contribution in [-0.4, -0.2) is 47.4 Å². The van der Waals surface area contributed by atoms with Crippen LogP contribution in [0.1, 0.15) is 24.0 Å². The summed E-state index contributed by atoms with van der Waals surface area (Å²) in [4.78, 5) is 21.4. The fraction of sp³-hybridized carbons (Fsp3) is 0.241. The SMILES string of the molecule is O=C1C(=Nc2cccc(C(F)(F)F)c2)c2ccccc2N1c1cccc(OC/C=C/N2CCC[C@@H]2CO)c1. The number of hydrogen-bond donors (Lipinski definition) is 1. The van der Waals surface area contributed by atoms with Gasteiger partial charge in [-0.2, -0.15) is 13.2 Å². The molecular formula is C29H26F3N3O3. The number of aliphatic hydroxyl groups excluding tert-OH is 1. The van der Waals surface area contributed by atoms with Gasteiger partial charge in [-0.25, -0.2) is 4.99 Å². The third-order valence-electron chi connectivity index (χ3n) is 6.57. The van der Waals surface area contributed by atoms with Crippen molar-refractivity contribution in [1.29, 1.82) is 0 Å². The van der Waals surface area contributed by atoms with Gasteiger partial charge in [0.15, 0.2) is 0 Å². The summed E-state index contributed by atoms with van der Waals surface area (Å²) in [5.74, 6) is 0.116. The zero-order valence-corrected chi connectivity index (χ0v) is 20.4. The Morgan fingerprint density at radius 3 is 2.68 bits per heavy atom. The van der Waals surface area contributed by atoms with Gasteiger partial charge in [0.1, 0.15) is 18.1 Å². The van der Waals surface area contributed by atoms with Crippen molar-refractivity contribution < 1.29 is 27.8 Å². The van der Waals surface area contributed by atoms with E-state index in [2.05, 4.69) is 9.89 Å². The Morgan fingerprint density at radius 1 is 1.05 bits per heavy atom. The minimum atomic E-state index is -4.51. The molecule has 1 fully saturated rings. The molecule has 0 bridgehead atoms. The molecule has 0 unspecified atom stereocenters. The smallest absolute Gasteiger partial charge is 0.416 e. The number of aliphatic hydroxyl groups is 1. The number of ether oxygens (including phenoxy) is 1. The van der Waals surface area contributed by atoms with E-state index >= 15 is 0 Å². The van der Waals surface area contributed by atoms with Gasteiger partial charge in [-0.1, -0.05) is 30.3 Å². The second-order valence-corrected chi connectivity index (χ2v) is 9.08. The Bertz CT molecular complexity index is 1390. The highest BCUT2D eigenvalue weighted by atomic mass is 19.4. The number of alkyl halides is 3. The number of rotatable bonds is 7. The highest BCUT2D eigenvalue weighted by molar-refractivity contribution is 6.56. The molecule has 0 radical (unpaired) electrons. The monoisotopic (exact) mass is 521 g/mol. The number of carbonyl (C=O) groups excluding carboxylic acids is 1. The molecule has 0 aliphatic carbocycles. The third-order valence-corrected chi connectivity index (χ3v) is 6.57. The zero-order valence-electron chi connectivity index (χ0n) is 20.4. The van der Waals surface area contributed by atoms with E-state index in [4.69, 9.17) is 4.74 Å². The van der Waals surface area contributed by atoms with Crippen LogP contribution in [0.3, 0.4) is 0 Å². The molecule has 2 aliphatic rings. The highest BCUT2D eigenvalue weighted by Gasteiger charge is 2.35. The van der Waals surface area contributed by atoms with Gasteiger partial charge in [0.05, 0.1) is 35.3 Å². The first-order chi connectivity index (χ1) is 18.3. The summed E-state index contributed by atoms with van der Waals surface area (Å²) in [7, 11) is 0. The Labute approximate surface area is 218 Å². The molecule has 1 atom stereocenters. The van der Waals surface area contributed by atoms with Crippen LogP contribution in [0.15, 0.2) is 90.1 Å². The summed E-state index contributed by atoms with van der Waals surface area (Å²) >= 11 is 0. The number of aliphatic imine (C=N–C) groups is 1. The molecule has 38 heavy (non-hydrogen) atoms. The van der Waals surface area contributed by atoms with Gasteiger partial charge in [0.25, 0.3) is 5.91 Å². The molecule has 1 saturated heterocycles. The van der Waals surface area contributed by atoms with Gasteiger partial charge >= 0.3 is 6.18 Å². The van der Waals surface area contributed by atoms with Crippen molar-refractivity contribution in [2.24, 2.45) is 4.99 Å². The van der Waals surface area contributed by atoms with Crippen LogP contribution in [0, 0.1) is 0 Å². The Hall–Kier alpha value is -4.11. The van der Waals surface area contributed by atoms with E-state index in [1.54, 1.807) is 48.5 Å². The molecule has 3 aromatic carbocycles. The summed E-state index contributed by atoms with van der Waals surface area (Å²) in [5.41, 5.74) is 0.962. The lowest BCUT2D eigenvalue weighted by Gasteiger charge is -2.20. The van der Waals surface area contributed by atoms with Gasteiger partial charge in [-0.15, -0.1) is 0 Å². The molecule has 6 nitrogen and oxygen atoms in total. The maximum atomic E-state index is 13.5. The number of nitrogens with zero attached hydrogens (tertiary/aromatic N) is 3. The van der Waals surface area contributed by atoms with Crippen LogP contribution in [0.2, 0.25) is 0 Å². The number of carbonyl (C=O) groups is 1. The van der Waals surface area contributed by atoms with Crippen LogP contribution < -0.4 is 9.64 Å². The molecule has 0 aromatic heterocycles. The molecule has 0 spiro atoms. The van der Waals surface area contributed by atoms with Gasteiger partial charge in [0, 0.05) is 18.2 Å². The van der Waals surface area contributed by atoms with Crippen LogP contribution in [0.25, 0.3) is 0 Å². The Kier molecular flexibility index (Phi) is 7.20. The van der Waals surface area contributed by atoms with E-state index in [9.17, 15) is 23.1 Å². The lowest BCUT2D eigenvalue weighted by atomic mass is 10.1. The predicted molar refractivity (Wildman–Crippen MR) is 139 cm³/mol. The zero-order chi connectivity index (χ0) is 26.7. The number of anilines is 2. The standard InChI is InChI=1S/C29H26F3N3O3/c30-29(31,32)20-7-3-8-21(17-20)33-27-25-12-1-2-13-26(25)35(28(27)37)22-9-4-11-24(18-22)38-16-6-15-34-14-5-10-23(34)19-36/h1-4,6-9,11-13,15,17-18,23,36H,5,10,14,16,19H2/b15-6+,33-27?/t23-/m1/s1. The van der Waals surface area contributed by atoms with E-state index in [1.165, 1.54) is 17.0 Å². The predicted octanol–water partition coefficient (Wildman–Crippen LogP) is 5.85. The van der Waals surface area contributed by atoms with Gasteiger partial charge in [0.2, 0.25) is 0 Å². The van der Waals surface area contributed by atoms with E-state index in [1.807, 2.05) is 12.3 Å². The number of hydrogen-bond acceptors (Lipinski definition) is 5. The molecule has 3 aromatic rings. The maximum Gasteiger partial charge on any atom is 0.416 e. The first-order valence-corrected chi connectivity index (χ1v) is 12.3. The summed E-state index contributed by atoms with van der Waals surface area (Å²) < 4.78 is 45.4. The van der Waals surface area contributed by atoms with Crippen molar-refractivity contribution in [2.75, 3.05) is 24.7 Å². The molecule has 2 heterocycles. The van der Waals surface area contributed by atoms with E-state index in [0.29, 0.717) is 29.3 Å². The van der Waals surface area contributed by atoms with Gasteiger partial charge < -0.3 is 14.7 Å². The topological polar surface area (TPSA) is 65.4 Å². The largest absolute Gasteiger partial charge is 0.489 e. The van der Waals surface area contributed by atoms with Gasteiger partial charge in [-0.05, 0) is 61.5 Å². The third kappa shape index (κ3) is 5.28. The average molecular weight is 522 g/mol. The molecular weight excluding hydrogens is 495 g/mol. The molecule has 196 valence electrons. The number of amides is 1. The van der Waals surface area contributed by atoms with E-state index < -0.39 is 17.6 Å². The summed E-state index contributed by atoms with van der Waals surface area (Å²) in [5, 5.41) is 9.45.